The Kier molecular flexibility index (Phi) is 2.25. The molecule has 0 saturated carbocycles. The normalized spacial score (nSPS) is 14.9. The van der Waals surface area contributed by atoms with Crippen LogP contribution in [0.25, 0.3) is 16.3 Å². The van der Waals surface area contributed by atoms with Crippen molar-refractivity contribution in [2.75, 3.05) is 6.61 Å². The zero-order valence-corrected chi connectivity index (χ0v) is 10.5. The van der Waals surface area contributed by atoms with E-state index in [2.05, 4.69) is 59.3 Å². The van der Waals surface area contributed by atoms with Gasteiger partial charge in [-0.15, -0.1) is 0 Å². The standard InChI is InChI=1S/C14H11BrO/c1-9-11-7-6-10-4-2-3-5-12(10)14(11)16-8-13(9)15/h2-7H,8H2,1H3. The van der Waals surface area contributed by atoms with Crippen LogP contribution in [0.2, 0.25) is 0 Å². The van der Waals surface area contributed by atoms with Crippen molar-refractivity contribution in [3.05, 3.63) is 46.4 Å². The van der Waals surface area contributed by atoms with Crippen molar-refractivity contribution >= 4 is 32.3 Å². The summed E-state index contributed by atoms with van der Waals surface area (Å²) in [6.07, 6.45) is 0. The lowest BCUT2D eigenvalue weighted by atomic mass is 9.99. The van der Waals surface area contributed by atoms with Crippen LogP contribution in [-0.4, -0.2) is 6.61 Å². The van der Waals surface area contributed by atoms with Gasteiger partial charge in [0.2, 0.25) is 0 Å². The molecule has 0 fully saturated rings. The molecule has 0 bridgehead atoms. The highest BCUT2D eigenvalue weighted by atomic mass is 79.9. The molecule has 1 aliphatic rings. The molecular formula is C14H11BrO. The number of allylic oxidation sites excluding steroid dienone is 1. The van der Waals surface area contributed by atoms with Crippen molar-refractivity contribution in [1.82, 2.24) is 0 Å². The fourth-order valence-electron chi connectivity index (χ4n) is 2.08. The maximum atomic E-state index is 5.81. The molecule has 2 heteroatoms. The highest BCUT2D eigenvalue weighted by Crippen LogP contribution is 2.39. The van der Waals surface area contributed by atoms with Gasteiger partial charge < -0.3 is 4.74 Å². The van der Waals surface area contributed by atoms with Gasteiger partial charge in [0.1, 0.15) is 12.4 Å². The van der Waals surface area contributed by atoms with E-state index in [9.17, 15) is 0 Å². The molecule has 0 unspecified atom stereocenters. The summed E-state index contributed by atoms with van der Waals surface area (Å²) in [7, 11) is 0. The first-order chi connectivity index (χ1) is 7.77. The van der Waals surface area contributed by atoms with E-state index in [0.717, 1.165) is 10.2 Å². The molecule has 1 heterocycles. The minimum Gasteiger partial charge on any atom is -0.487 e. The van der Waals surface area contributed by atoms with Crippen LogP contribution in [0.4, 0.5) is 0 Å². The van der Waals surface area contributed by atoms with Gasteiger partial charge in [0, 0.05) is 15.4 Å². The first kappa shape index (κ1) is 9.91. The van der Waals surface area contributed by atoms with Crippen LogP contribution >= 0.6 is 15.9 Å². The Hall–Kier alpha value is -1.28. The van der Waals surface area contributed by atoms with Crippen LogP contribution in [0.1, 0.15) is 12.5 Å². The number of hydrogen-bond donors (Lipinski definition) is 0. The second-order valence-electron chi connectivity index (χ2n) is 3.98. The van der Waals surface area contributed by atoms with Crippen molar-refractivity contribution in [3.63, 3.8) is 0 Å². The zero-order chi connectivity index (χ0) is 11.1. The summed E-state index contributed by atoms with van der Waals surface area (Å²) in [5, 5.41) is 2.42. The lowest BCUT2D eigenvalue weighted by Gasteiger charge is -2.20. The van der Waals surface area contributed by atoms with Crippen LogP contribution in [-0.2, 0) is 0 Å². The average Bonchev–Trinajstić information content (AvgIpc) is 2.33. The largest absolute Gasteiger partial charge is 0.487 e. The number of benzene rings is 2. The molecule has 0 radical (unpaired) electrons. The van der Waals surface area contributed by atoms with Gasteiger partial charge in [-0.05, 0) is 17.9 Å². The molecule has 0 spiro atoms. The lowest BCUT2D eigenvalue weighted by Crippen LogP contribution is -2.07. The molecule has 0 aliphatic carbocycles. The summed E-state index contributed by atoms with van der Waals surface area (Å²) in [5.41, 5.74) is 2.46. The van der Waals surface area contributed by atoms with Crippen molar-refractivity contribution < 1.29 is 4.74 Å². The van der Waals surface area contributed by atoms with Crippen molar-refractivity contribution in [2.24, 2.45) is 0 Å². The van der Waals surface area contributed by atoms with Crippen molar-refractivity contribution in [3.8, 4) is 5.75 Å². The Labute approximate surface area is 103 Å². The predicted molar refractivity (Wildman–Crippen MR) is 71.0 cm³/mol. The first-order valence-corrected chi connectivity index (χ1v) is 6.07. The average molecular weight is 275 g/mol. The van der Waals surface area contributed by atoms with E-state index in [1.165, 1.54) is 21.9 Å². The third kappa shape index (κ3) is 1.37. The van der Waals surface area contributed by atoms with E-state index in [-0.39, 0.29) is 0 Å². The molecule has 2 aromatic rings. The molecule has 3 rings (SSSR count). The third-order valence-electron chi connectivity index (χ3n) is 3.03. The Balaban J connectivity index is 2.37. The quantitative estimate of drug-likeness (QED) is 0.694. The maximum Gasteiger partial charge on any atom is 0.135 e. The number of ether oxygens (including phenoxy) is 1. The summed E-state index contributed by atoms with van der Waals surface area (Å²) >= 11 is 3.54. The second-order valence-corrected chi connectivity index (χ2v) is 4.94. The summed E-state index contributed by atoms with van der Waals surface area (Å²) < 4.78 is 6.95. The highest BCUT2D eigenvalue weighted by molar-refractivity contribution is 9.11. The number of halogens is 1. The van der Waals surface area contributed by atoms with Gasteiger partial charge in [-0.2, -0.15) is 0 Å². The van der Waals surface area contributed by atoms with E-state index >= 15 is 0 Å². The van der Waals surface area contributed by atoms with Crippen molar-refractivity contribution in [1.29, 1.82) is 0 Å². The Morgan fingerprint density at radius 2 is 1.94 bits per heavy atom. The second kappa shape index (κ2) is 3.63. The minimum atomic E-state index is 0.632. The predicted octanol–water partition coefficient (Wildman–Crippen LogP) is 4.36. The van der Waals surface area contributed by atoms with Gasteiger partial charge in [-0.3, -0.25) is 0 Å². The topological polar surface area (TPSA) is 9.23 Å². The Morgan fingerprint density at radius 3 is 2.81 bits per heavy atom. The zero-order valence-electron chi connectivity index (χ0n) is 8.96. The third-order valence-corrected chi connectivity index (χ3v) is 3.86. The maximum absolute atomic E-state index is 5.81. The number of rotatable bonds is 0. The Bertz CT molecular complexity index is 599. The minimum absolute atomic E-state index is 0.632. The van der Waals surface area contributed by atoms with Crippen LogP contribution in [0.3, 0.4) is 0 Å². The van der Waals surface area contributed by atoms with Gasteiger partial charge in [0.25, 0.3) is 0 Å². The molecule has 0 aromatic heterocycles. The number of fused-ring (bicyclic) bond motifs is 3. The molecule has 80 valence electrons. The van der Waals surface area contributed by atoms with Gasteiger partial charge in [-0.1, -0.05) is 52.3 Å². The highest BCUT2D eigenvalue weighted by Gasteiger charge is 2.17. The summed E-state index contributed by atoms with van der Waals surface area (Å²) in [6, 6.07) is 12.6. The molecule has 2 aromatic carbocycles. The van der Waals surface area contributed by atoms with E-state index in [1.54, 1.807) is 0 Å². The smallest absolute Gasteiger partial charge is 0.135 e. The van der Waals surface area contributed by atoms with E-state index in [4.69, 9.17) is 4.74 Å². The van der Waals surface area contributed by atoms with Crippen LogP contribution in [0.15, 0.2) is 40.9 Å². The molecule has 1 aliphatic heterocycles. The summed E-state index contributed by atoms with van der Waals surface area (Å²) in [4.78, 5) is 0. The fraction of sp³-hybridized carbons (Fsp3) is 0.143. The fourth-order valence-corrected chi connectivity index (χ4v) is 2.41. The SMILES string of the molecule is CC1=C(Br)COc2c1ccc1ccccc21. The molecular weight excluding hydrogens is 264 g/mol. The molecule has 0 amide bonds. The van der Waals surface area contributed by atoms with Crippen LogP contribution in [0.5, 0.6) is 5.75 Å². The van der Waals surface area contributed by atoms with Gasteiger partial charge in [0.05, 0.1) is 0 Å². The van der Waals surface area contributed by atoms with Gasteiger partial charge in [-0.25, -0.2) is 0 Å². The summed E-state index contributed by atoms with van der Waals surface area (Å²) in [6.45, 7) is 2.76. The molecule has 1 nitrogen and oxygen atoms in total. The monoisotopic (exact) mass is 274 g/mol. The van der Waals surface area contributed by atoms with Gasteiger partial charge in [0.15, 0.2) is 0 Å². The van der Waals surface area contributed by atoms with E-state index in [1.807, 2.05) is 0 Å². The number of hydrogen-bond acceptors (Lipinski definition) is 1. The van der Waals surface area contributed by atoms with Crippen LogP contribution < -0.4 is 4.74 Å². The summed E-state index contributed by atoms with van der Waals surface area (Å²) in [5.74, 6) is 1.01. The van der Waals surface area contributed by atoms with Crippen molar-refractivity contribution in [2.45, 2.75) is 6.92 Å². The van der Waals surface area contributed by atoms with Crippen LogP contribution in [0, 0.1) is 0 Å². The van der Waals surface area contributed by atoms with E-state index < -0.39 is 0 Å². The Morgan fingerprint density at radius 1 is 1.12 bits per heavy atom. The van der Waals surface area contributed by atoms with E-state index in [0.29, 0.717) is 6.61 Å². The first-order valence-electron chi connectivity index (χ1n) is 5.27. The molecule has 0 atom stereocenters. The molecule has 16 heavy (non-hydrogen) atoms. The molecule has 0 N–H and O–H groups in total. The molecule has 0 saturated heterocycles. The van der Waals surface area contributed by atoms with Gasteiger partial charge >= 0.3 is 0 Å². The lowest BCUT2D eigenvalue weighted by molar-refractivity contribution is 0.359.